The lowest BCUT2D eigenvalue weighted by Gasteiger charge is -2.20. The van der Waals surface area contributed by atoms with E-state index >= 15 is 0 Å². The van der Waals surface area contributed by atoms with Gasteiger partial charge < -0.3 is 10.4 Å². The smallest absolute Gasteiger partial charge is 0.313 e. The fourth-order valence-electron chi connectivity index (χ4n) is 1.68. The van der Waals surface area contributed by atoms with Crippen LogP contribution in [0.5, 0.6) is 0 Å². The maximum absolute atomic E-state index is 11.2. The molecule has 0 saturated carbocycles. The number of benzene rings is 1. The molecular formula is C14H15ClN2O2S. The van der Waals surface area contributed by atoms with Crippen LogP contribution in [-0.2, 0) is 16.8 Å². The summed E-state index contributed by atoms with van der Waals surface area (Å²) in [6.07, 6.45) is 1.74. The number of rotatable bonds is 5. The molecule has 0 bridgehead atoms. The van der Waals surface area contributed by atoms with Gasteiger partial charge in [0.25, 0.3) is 0 Å². The van der Waals surface area contributed by atoms with Crippen LogP contribution in [0.3, 0.4) is 0 Å². The summed E-state index contributed by atoms with van der Waals surface area (Å²) < 4.78 is 0.528. The van der Waals surface area contributed by atoms with Gasteiger partial charge in [-0.1, -0.05) is 23.7 Å². The van der Waals surface area contributed by atoms with Gasteiger partial charge in [0, 0.05) is 16.8 Å². The predicted molar refractivity (Wildman–Crippen MR) is 81.6 cm³/mol. The van der Waals surface area contributed by atoms with Crippen LogP contribution >= 0.6 is 22.9 Å². The van der Waals surface area contributed by atoms with Crippen molar-refractivity contribution in [1.82, 2.24) is 4.98 Å². The molecule has 2 rings (SSSR count). The zero-order valence-electron chi connectivity index (χ0n) is 11.2. The second kappa shape index (κ2) is 5.81. The number of nitrogens with zero attached hydrogens (tertiary/aromatic N) is 1. The van der Waals surface area contributed by atoms with Gasteiger partial charge in [-0.25, -0.2) is 4.98 Å². The second-order valence-electron chi connectivity index (χ2n) is 4.94. The monoisotopic (exact) mass is 310 g/mol. The Morgan fingerprint density at radius 2 is 2.05 bits per heavy atom. The number of carbonyl (C=O) groups is 1. The Morgan fingerprint density at radius 3 is 2.55 bits per heavy atom. The van der Waals surface area contributed by atoms with Crippen LogP contribution in [0.4, 0.5) is 5.69 Å². The van der Waals surface area contributed by atoms with Gasteiger partial charge in [-0.05, 0) is 31.5 Å². The Labute approximate surface area is 126 Å². The van der Waals surface area contributed by atoms with E-state index < -0.39 is 11.4 Å². The lowest BCUT2D eigenvalue weighted by atomic mass is 9.85. The minimum absolute atomic E-state index is 0.528. The molecule has 0 fully saturated rings. The SMILES string of the molecule is CC(C)(C(=O)O)c1ccc(NCc2cnc(Cl)s2)cc1. The molecule has 0 spiro atoms. The summed E-state index contributed by atoms with van der Waals surface area (Å²) in [6.45, 7) is 4.03. The van der Waals surface area contributed by atoms with E-state index in [1.165, 1.54) is 11.3 Å². The Balaban J connectivity index is 2.03. The Morgan fingerprint density at radius 1 is 1.40 bits per heavy atom. The number of carboxylic acids is 1. The minimum Gasteiger partial charge on any atom is -0.481 e. The molecule has 0 amide bonds. The average Bonchev–Trinajstić information content (AvgIpc) is 2.82. The lowest BCUT2D eigenvalue weighted by Crippen LogP contribution is -2.28. The van der Waals surface area contributed by atoms with E-state index in [9.17, 15) is 9.90 Å². The molecule has 1 aromatic carbocycles. The number of aliphatic carboxylic acids is 1. The van der Waals surface area contributed by atoms with Crippen molar-refractivity contribution in [3.05, 3.63) is 45.4 Å². The molecule has 0 aliphatic rings. The highest BCUT2D eigenvalue weighted by Crippen LogP contribution is 2.25. The first-order chi connectivity index (χ1) is 9.39. The van der Waals surface area contributed by atoms with E-state index in [4.69, 9.17) is 11.6 Å². The van der Waals surface area contributed by atoms with Gasteiger partial charge in [0.2, 0.25) is 0 Å². The number of anilines is 1. The molecule has 0 saturated heterocycles. The van der Waals surface area contributed by atoms with E-state index in [-0.39, 0.29) is 0 Å². The summed E-state index contributed by atoms with van der Waals surface area (Å²) >= 11 is 7.20. The van der Waals surface area contributed by atoms with E-state index in [0.29, 0.717) is 11.0 Å². The van der Waals surface area contributed by atoms with E-state index in [2.05, 4.69) is 10.3 Å². The molecule has 1 heterocycles. The predicted octanol–water partition coefficient (Wildman–Crippen LogP) is 3.77. The fraction of sp³-hybridized carbons (Fsp3) is 0.286. The third-order valence-electron chi connectivity index (χ3n) is 3.13. The van der Waals surface area contributed by atoms with Crippen LogP contribution in [-0.4, -0.2) is 16.1 Å². The topological polar surface area (TPSA) is 62.2 Å². The van der Waals surface area contributed by atoms with Crippen molar-refractivity contribution in [2.75, 3.05) is 5.32 Å². The number of hydrogen-bond acceptors (Lipinski definition) is 4. The quantitative estimate of drug-likeness (QED) is 0.882. The van der Waals surface area contributed by atoms with Gasteiger partial charge >= 0.3 is 5.97 Å². The van der Waals surface area contributed by atoms with Crippen LogP contribution in [0.15, 0.2) is 30.5 Å². The van der Waals surface area contributed by atoms with Gasteiger partial charge in [-0.3, -0.25) is 4.79 Å². The minimum atomic E-state index is -0.885. The van der Waals surface area contributed by atoms with Crippen molar-refractivity contribution in [1.29, 1.82) is 0 Å². The van der Waals surface area contributed by atoms with Gasteiger partial charge in [0.15, 0.2) is 4.47 Å². The van der Waals surface area contributed by atoms with E-state index in [0.717, 1.165) is 16.1 Å². The van der Waals surface area contributed by atoms with E-state index in [1.54, 1.807) is 20.0 Å². The first kappa shape index (κ1) is 14.8. The molecular weight excluding hydrogens is 296 g/mol. The molecule has 6 heteroatoms. The van der Waals surface area contributed by atoms with Gasteiger partial charge in [0.1, 0.15) is 0 Å². The number of halogens is 1. The standard InChI is InChI=1S/C14H15ClN2O2S/c1-14(2,12(18)19)9-3-5-10(6-4-9)16-7-11-8-17-13(15)20-11/h3-6,8,16H,7H2,1-2H3,(H,18,19). The highest BCUT2D eigenvalue weighted by atomic mass is 35.5. The van der Waals surface area contributed by atoms with Crippen LogP contribution in [0.1, 0.15) is 24.3 Å². The molecule has 2 N–H and O–H groups in total. The number of hydrogen-bond donors (Lipinski definition) is 2. The third kappa shape index (κ3) is 3.29. The summed E-state index contributed by atoms with van der Waals surface area (Å²) in [6, 6.07) is 7.41. The van der Waals surface area contributed by atoms with Crippen LogP contribution in [0.25, 0.3) is 0 Å². The average molecular weight is 311 g/mol. The highest BCUT2D eigenvalue weighted by molar-refractivity contribution is 7.15. The normalized spacial score (nSPS) is 11.3. The Hall–Kier alpha value is -1.59. The largest absolute Gasteiger partial charge is 0.481 e. The zero-order chi connectivity index (χ0) is 14.8. The third-order valence-corrected chi connectivity index (χ3v) is 4.25. The molecule has 0 aliphatic heterocycles. The zero-order valence-corrected chi connectivity index (χ0v) is 12.8. The van der Waals surface area contributed by atoms with Crippen molar-refractivity contribution in [2.45, 2.75) is 25.8 Å². The van der Waals surface area contributed by atoms with Crippen LogP contribution < -0.4 is 5.32 Å². The summed E-state index contributed by atoms with van der Waals surface area (Å²) in [4.78, 5) is 16.2. The summed E-state index contributed by atoms with van der Waals surface area (Å²) in [5, 5.41) is 12.4. The molecule has 0 aliphatic carbocycles. The van der Waals surface area contributed by atoms with Crippen molar-refractivity contribution in [3.63, 3.8) is 0 Å². The van der Waals surface area contributed by atoms with Crippen molar-refractivity contribution in [2.24, 2.45) is 0 Å². The molecule has 20 heavy (non-hydrogen) atoms. The number of thiazole rings is 1. The fourth-order valence-corrected chi connectivity index (χ4v) is 2.60. The Kier molecular flexibility index (Phi) is 4.30. The summed E-state index contributed by atoms with van der Waals surface area (Å²) in [5.41, 5.74) is 0.819. The molecule has 0 unspecified atom stereocenters. The molecule has 106 valence electrons. The number of carboxylic acid groups (broad SMARTS) is 1. The second-order valence-corrected chi connectivity index (χ2v) is 6.64. The van der Waals surface area contributed by atoms with Gasteiger partial charge in [0.05, 0.1) is 12.0 Å². The maximum atomic E-state index is 11.2. The number of nitrogens with one attached hydrogen (secondary N) is 1. The molecule has 2 aromatic rings. The molecule has 0 radical (unpaired) electrons. The van der Waals surface area contributed by atoms with Crippen molar-refractivity contribution >= 4 is 34.6 Å². The van der Waals surface area contributed by atoms with Crippen LogP contribution in [0, 0.1) is 0 Å². The van der Waals surface area contributed by atoms with Crippen molar-refractivity contribution in [3.8, 4) is 0 Å². The van der Waals surface area contributed by atoms with Gasteiger partial charge in [-0.2, -0.15) is 0 Å². The Bertz CT molecular complexity index is 608. The first-order valence-electron chi connectivity index (χ1n) is 6.07. The van der Waals surface area contributed by atoms with Crippen LogP contribution in [0.2, 0.25) is 4.47 Å². The molecule has 0 atom stereocenters. The molecule has 4 nitrogen and oxygen atoms in total. The summed E-state index contributed by atoms with van der Waals surface area (Å²) in [5.74, 6) is -0.836. The van der Waals surface area contributed by atoms with E-state index in [1.807, 2.05) is 24.3 Å². The number of aromatic nitrogens is 1. The van der Waals surface area contributed by atoms with Crippen molar-refractivity contribution < 1.29 is 9.90 Å². The lowest BCUT2D eigenvalue weighted by molar-refractivity contribution is -0.142. The summed E-state index contributed by atoms with van der Waals surface area (Å²) in [7, 11) is 0. The van der Waals surface area contributed by atoms with Gasteiger partial charge in [-0.15, -0.1) is 11.3 Å². The first-order valence-corrected chi connectivity index (χ1v) is 7.27. The molecule has 1 aromatic heterocycles. The maximum Gasteiger partial charge on any atom is 0.313 e. The highest BCUT2D eigenvalue weighted by Gasteiger charge is 2.29.